The average molecular weight is 418 g/mol. The van der Waals surface area contributed by atoms with Crippen LogP contribution in [0.15, 0.2) is 61.1 Å². The van der Waals surface area contributed by atoms with E-state index in [1.54, 1.807) is 11.1 Å². The number of pyridine rings is 1. The van der Waals surface area contributed by atoms with Gasteiger partial charge in [-0.25, -0.2) is 0 Å². The number of nitrogens with two attached hydrogens (primary N) is 1. The van der Waals surface area contributed by atoms with Crippen LogP contribution >= 0.6 is 0 Å². The van der Waals surface area contributed by atoms with Crippen molar-refractivity contribution in [3.63, 3.8) is 0 Å². The highest BCUT2D eigenvalue weighted by Crippen LogP contribution is 2.37. The van der Waals surface area contributed by atoms with Crippen LogP contribution in [0.5, 0.6) is 0 Å². The summed E-state index contributed by atoms with van der Waals surface area (Å²) in [7, 11) is 0. The Balaban J connectivity index is 1.57. The molecule has 158 valence electrons. The number of aromatic amines is 1. The van der Waals surface area contributed by atoms with Crippen molar-refractivity contribution in [1.82, 2.24) is 20.1 Å². The Morgan fingerprint density at radius 2 is 1.90 bits per heavy atom. The van der Waals surface area contributed by atoms with Gasteiger partial charge in [-0.3, -0.25) is 24.5 Å². The lowest BCUT2D eigenvalue weighted by molar-refractivity contribution is -0.146. The first kappa shape index (κ1) is 20.3. The molecule has 3 heterocycles. The van der Waals surface area contributed by atoms with E-state index in [0.717, 1.165) is 17.7 Å². The van der Waals surface area contributed by atoms with Crippen LogP contribution in [0.25, 0.3) is 0 Å². The van der Waals surface area contributed by atoms with E-state index >= 15 is 0 Å². The van der Waals surface area contributed by atoms with Gasteiger partial charge in [-0.15, -0.1) is 0 Å². The predicted molar refractivity (Wildman–Crippen MR) is 113 cm³/mol. The molecule has 1 aromatic carbocycles. The Bertz CT molecular complexity index is 1080. The second kappa shape index (κ2) is 8.78. The van der Waals surface area contributed by atoms with Crippen LogP contribution in [0.1, 0.15) is 46.4 Å². The number of hydrogen-bond acceptors (Lipinski definition) is 5. The van der Waals surface area contributed by atoms with Gasteiger partial charge in [0.1, 0.15) is 0 Å². The monoisotopic (exact) mass is 418 g/mol. The van der Waals surface area contributed by atoms with Crippen molar-refractivity contribution in [2.75, 3.05) is 11.9 Å². The number of amides is 3. The summed E-state index contributed by atoms with van der Waals surface area (Å²) in [6.07, 6.45) is 5.90. The maximum Gasteiger partial charge on any atom is 0.313 e. The molecule has 9 heteroatoms. The number of rotatable bonds is 4. The van der Waals surface area contributed by atoms with Crippen molar-refractivity contribution in [1.29, 1.82) is 0 Å². The summed E-state index contributed by atoms with van der Waals surface area (Å²) in [5.74, 6) is -2.06. The SMILES string of the molecule is NC(=O)c1cncc(NC(=O)C(=O)N2CC(c3ccn[nH]3)CC[C@H]2c2ccccc2)c1. The molecule has 0 aliphatic carbocycles. The van der Waals surface area contributed by atoms with Gasteiger partial charge in [0, 0.05) is 30.6 Å². The molecule has 9 nitrogen and oxygen atoms in total. The van der Waals surface area contributed by atoms with Gasteiger partial charge in [-0.2, -0.15) is 5.10 Å². The fraction of sp³-hybridized carbons (Fsp3) is 0.227. The zero-order valence-electron chi connectivity index (χ0n) is 16.7. The number of primary amides is 1. The van der Waals surface area contributed by atoms with Gasteiger partial charge >= 0.3 is 11.8 Å². The number of nitrogens with zero attached hydrogens (tertiary/aromatic N) is 3. The van der Waals surface area contributed by atoms with Crippen molar-refractivity contribution in [3.05, 3.63) is 77.9 Å². The molecule has 3 aromatic rings. The minimum absolute atomic E-state index is 0.0547. The number of carbonyl (C=O) groups excluding carboxylic acids is 3. The first-order valence-electron chi connectivity index (χ1n) is 9.94. The lowest BCUT2D eigenvalue weighted by Gasteiger charge is -2.39. The zero-order valence-corrected chi connectivity index (χ0v) is 16.7. The molecule has 0 bridgehead atoms. The number of piperidine rings is 1. The van der Waals surface area contributed by atoms with E-state index in [9.17, 15) is 14.4 Å². The molecule has 1 unspecified atom stereocenters. The quantitative estimate of drug-likeness (QED) is 0.557. The van der Waals surface area contributed by atoms with Gasteiger partial charge < -0.3 is 16.0 Å². The van der Waals surface area contributed by atoms with E-state index in [2.05, 4.69) is 20.5 Å². The van der Waals surface area contributed by atoms with Crippen LogP contribution in [0.2, 0.25) is 0 Å². The molecule has 31 heavy (non-hydrogen) atoms. The summed E-state index contributed by atoms with van der Waals surface area (Å²) in [4.78, 5) is 42.8. The molecule has 1 aliphatic rings. The summed E-state index contributed by atoms with van der Waals surface area (Å²) in [6, 6.07) is 12.7. The molecule has 0 spiro atoms. The summed E-state index contributed by atoms with van der Waals surface area (Å²) in [6.45, 7) is 0.383. The third-order valence-electron chi connectivity index (χ3n) is 5.46. The highest BCUT2D eigenvalue weighted by molar-refractivity contribution is 6.39. The van der Waals surface area contributed by atoms with E-state index in [-0.39, 0.29) is 23.2 Å². The lowest BCUT2D eigenvalue weighted by atomic mass is 9.87. The molecule has 4 N–H and O–H groups in total. The Hall–Kier alpha value is -4.01. The smallest absolute Gasteiger partial charge is 0.313 e. The van der Waals surface area contributed by atoms with Crippen molar-refractivity contribution in [2.24, 2.45) is 5.73 Å². The summed E-state index contributed by atoms with van der Waals surface area (Å²) < 4.78 is 0. The largest absolute Gasteiger partial charge is 0.366 e. The summed E-state index contributed by atoms with van der Waals surface area (Å²) in [5, 5.41) is 9.51. The second-order valence-electron chi connectivity index (χ2n) is 7.45. The standard InChI is InChI=1S/C22H22N6O3/c23-20(29)16-10-17(12-24-11-16)26-21(30)22(31)28-13-15(18-8-9-25-27-18)6-7-19(28)14-4-2-1-3-5-14/h1-5,8-12,15,19H,6-7,13H2,(H2,23,29)(H,25,27)(H,26,30)/t15?,19-/m0/s1. The number of anilines is 1. The highest BCUT2D eigenvalue weighted by Gasteiger charge is 2.36. The van der Waals surface area contributed by atoms with E-state index < -0.39 is 17.7 Å². The van der Waals surface area contributed by atoms with Crippen LogP contribution in [0.4, 0.5) is 5.69 Å². The fourth-order valence-electron chi connectivity index (χ4n) is 3.92. The predicted octanol–water partition coefficient (Wildman–Crippen LogP) is 1.99. The Morgan fingerprint density at radius 3 is 2.61 bits per heavy atom. The molecule has 2 aromatic heterocycles. The minimum atomic E-state index is -0.797. The van der Waals surface area contributed by atoms with Crippen molar-refractivity contribution >= 4 is 23.4 Å². The van der Waals surface area contributed by atoms with Crippen molar-refractivity contribution in [2.45, 2.75) is 24.8 Å². The molecule has 1 fully saturated rings. The second-order valence-corrected chi connectivity index (χ2v) is 7.45. The van der Waals surface area contributed by atoms with Gasteiger partial charge in [-0.05, 0) is 30.5 Å². The van der Waals surface area contributed by atoms with Crippen molar-refractivity contribution < 1.29 is 14.4 Å². The Kier molecular flexibility index (Phi) is 5.74. The fourth-order valence-corrected chi connectivity index (χ4v) is 3.92. The maximum absolute atomic E-state index is 13.2. The van der Waals surface area contributed by atoms with Crippen LogP contribution in [0, 0.1) is 0 Å². The first-order valence-corrected chi connectivity index (χ1v) is 9.94. The molecular weight excluding hydrogens is 396 g/mol. The molecule has 1 saturated heterocycles. The lowest BCUT2D eigenvalue weighted by Crippen LogP contribution is -2.46. The zero-order chi connectivity index (χ0) is 21.8. The number of hydrogen-bond donors (Lipinski definition) is 3. The topological polar surface area (TPSA) is 134 Å². The number of benzene rings is 1. The number of likely N-dealkylation sites (tertiary alicyclic amines) is 1. The molecule has 2 atom stereocenters. The molecule has 3 amide bonds. The van der Waals surface area contributed by atoms with Gasteiger partial charge in [0.25, 0.3) is 0 Å². The maximum atomic E-state index is 13.2. The van der Waals surface area contributed by atoms with Crippen LogP contribution in [-0.2, 0) is 9.59 Å². The number of H-pyrrole nitrogens is 1. The number of nitrogens with one attached hydrogen (secondary N) is 2. The van der Waals surface area contributed by atoms with Crippen LogP contribution in [0.3, 0.4) is 0 Å². The molecule has 0 radical (unpaired) electrons. The van der Waals surface area contributed by atoms with E-state index in [0.29, 0.717) is 13.0 Å². The van der Waals surface area contributed by atoms with Gasteiger partial charge in [-0.1, -0.05) is 30.3 Å². The third-order valence-corrected chi connectivity index (χ3v) is 5.46. The number of carbonyl (C=O) groups is 3. The molecule has 0 saturated carbocycles. The summed E-state index contributed by atoms with van der Waals surface area (Å²) >= 11 is 0. The van der Waals surface area contributed by atoms with Gasteiger partial charge in [0.15, 0.2) is 0 Å². The first-order chi connectivity index (χ1) is 15.0. The van der Waals surface area contributed by atoms with Gasteiger partial charge in [0.05, 0.1) is 23.5 Å². The van der Waals surface area contributed by atoms with E-state index in [4.69, 9.17) is 5.73 Å². The summed E-state index contributed by atoms with van der Waals surface area (Å²) in [5.41, 5.74) is 7.54. The van der Waals surface area contributed by atoms with E-state index in [1.165, 1.54) is 18.5 Å². The van der Waals surface area contributed by atoms with Gasteiger partial charge in [0.2, 0.25) is 5.91 Å². The van der Waals surface area contributed by atoms with Crippen molar-refractivity contribution in [3.8, 4) is 0 Å². The van der Waals surface area contributed by atoms with Crippen LogP contribution in [-0.4, -0.2) is 44.3 Å². The minimum Gasteiger partial charge on any atom is -0.366 e. The third kappa shape index (κ3) is 4.45. The van der Waals surface area contributed by atoms with Crippen LogP contribution < -0.4 is 11.1 Å². The molecule has 1 aliphatic heterocycles. The number of aromatic nitrogens is 3. The van der Waals surface area contributed by atoms with E-state index in [1.807, 2.05) is 36.4 Å². The average Bonchev–Trinajstić information content (AvgIpc) is 3.34. The highest BCUT2D eigenvalue weighted by atomic mass is 16.2. The molecule has 4 rings (SSSR count). The Labute approximate surface area is 178 Å². The molecular formula is C22H22N6O3. The Morgan fingerprint density at radius 1 is 1.10 bits per heavy atom. The normalized spacial score (nSPS) is 18.4.